The van der Waals surface area contributed by atoms with Crippen molar-refractivity contribution >= 4 is 23.4 Å². The smallest absolute Gasteiger partial charge is 0.0499 e. The molecule has 1 aromatic carbocycles. The lowest BCUT2D eigenvalue weighted by molar-refractivity contribution is 1.45. The molecule has 0 atom stereocenters. The molecule has 0 bridgehead atoms. The van der Waals surface area contributed by atoms with E-state index in [1.807, 2.05) is 30.4 Å². The van der Waals surface area contributed by atoms with E-state index in [4.69, 9.17) is 11.6 Å². The van der Waals surface area contributed by atoms with Crippen LogP contribution in [0.25, 0.3) is 6.08 Å². The van der Waals surface area contributed by atoms with Gasteiger partial charge in [-0.25, -0.2) is 0 Å². The number of rotatable bonds is 0. The van der Waals surface area contributed by atoms with Crippen molar-refractivity contribution in [1.82, 2.24) is 0 Å². The molecule has 0 spiro atoms. The molecule has 0 aromatic heterocycles. The zero-order valence-electron chi connectivity index (χ0n) is 6.42. The van der Waals surface area contributed by atoms with Crippen LogP contribution in [0.3, 0.4) is 0 Å². The van der Waals surface area contributed by atoms with E-state index < -0.39 is 0 Å². The predicted molar refractivity (Wildman–Crippen MR) is 53.0 cm³/mol. The van der Waals surface area contributed by atoms with Gasteiger partial charge in [-0.15, -0.1) is 0 Å². The Morgan fingerprint density at radius 3 is 2.83 bits per heavy atom. The summed E-state index contributed by atoms with van der Waals surface area (Å²) < 4.78 is 0. The summed E-state index contributed by atoms with van der Waals surface area (Å²) in [5.74, 6) is 0. The fraction of sp³-hybridized carbons (Fsp3) is 0. The molecule has 1 aliphatic rings. The van der Waals surface area contributed by atoms with E-state index in [0.717, 1.165) is 11.4 Å². The number of anilines is 1. The number of allylic oxidation sites excluding steroid dienone is 1. The Hall–Kier alpha value is -1.21. The average Bonchev–Trinajstić information content (AvgIpc) is 2.17. The van der Waals surface area contributed by atoms with Crippen molar-refractivity contribution in [3.05, 3.63) is 47.1 Å². The van der Waals surface area contributed by atoms with Crippen molar-refractivity contribution in [3.8, 4) is 0 Å². The first-order valence-corrected chi connectivity index (χ1v) is 4.18. The molecular weight excluding hydrogens is 170 g/mol. The number of halogens is 1. The lowest BCUT2D eigenvalue weighted by Crippen LogP contribution is -2.01. The second-order valence-electron chi connectivity index (χ2n) is 2.61. The Kier molecular flexibility index (Phi) is 1.88. The summed E-state index contributed by atoms with van der Waals surface area (Å²) in [5, 5.41) is 3.19. The summed E-state index contributed by atoms with van der Waals surface area (Å²) in [6, 6.07) is 8.10. The van der Waals surface area contributed by atoms with Crippen LogP contribution in [0.4, 0.5) is 5.69 Å². The molecule has 2 heteroatoms. The molecule has 0 unspecified atom stereocenters. The summed E-state index contributed by atoms with van der Waals surface area (Å²) in [6.45, 7) is 0. The molecule has 0 saturated carbocycles. The van der Waals surface area contributed by atoms with E-state index in [1.165, 1.54) is 11.1 Å². The molecule has 1 aliphatic heterocycles. The van der Waals surface area contributed by atoms with Crippen LogP contribution < -0.4 is 5.32 Å². The largest absolute Gasteiger partial charge is 0.354 e. The third kappa shape index (κ3) is 1.23. The maximum Gasteiger partial charge on any atom is 0.0499 e. The monoisotopic (exact) mass is 177 g/mol. The highest BCUT2D eigenvalue weighted by Gasteiger charge is 2.03. The quantitative estimate of drug-likeness (QED) is 0.642. The molecule has 0 fully saturated rings. The van der Waals surface area contributed by atoms with Gasteiger partial charge in [0.25, 0.3) is 0 Å². The van der Waals surface area contributed by atoms with Gasteiger partial charge in [0.2, 0.25) is 0 Å². The minimum atomic E-state index is 0.926. The first kappa shape index (κ1) is 7.44. The number of benzene rings is 1. The third-order valence-electron chi connectivity index (χ3n) is 1.80. The van der Waals surface area contributed by atoms with Crippen molar-refractivity contribution in [1.29, 1.82) is 0 Å². The van der Waals surface area contributed by atoms with Gasteiger partial charge < -0.3 is 5.32 Å². The van der Waals surface area contributed by atoms with Gasteiger partial charge in [0.05, 0.1) is 0 Å². The van der Waals surface area contributed by atoms with E-state index >= 15 is 0 Å². The van der Waals surface area contributed by atoms with Crippen LogP contribution >= 0.6 is 11.6 Å². The number of nitrogens with one attached hydrogen (secondary N) is 1. The topological polar surface area (TPSA) is 12.0 Å². The highest BCUT2D eigenvalue weighted by molar-refractivity contribution is 6.26. The Labute approximate surface area is 76.4 Å². The molecule has 0 saturated heterocycles. The molecule has 60 valence electrons. The fourth-order valence-corrected chi connectivity index (χ4v) is 1.32. The summed E-state index contributed by atoms with van der Waals surface area (Å²) in [6.07, 6.45) is 4.00. The van der Waals surface area contributed by atoms with Gasteiger partial charge in [-0.3, -0.25) is 0 Å². The normalized spacial score (nSPS) is 17.2. The van der Waals surface area contributed by atoms with E-state index in [1.54, 1.807) is 0 Å². The second kappa shape index (κ2) is 3.03. The molecule has 1 nitrogen and oxygen atoms in total. The number of hydrogen-bond acceptors (Lipinski definition) is 1. The molecule has 1 aromatic rings. The van der Waals surface area contributed by atoms with Crippen molar-refractivity contribution < 1.29 is 0 Å². The van der Waals surface area contributed by atoms with E-state index in [2.05, 4.69) is 11.4 Å². The van der Waals surface area contributed by atoms with E-state index in [-0.39, 0.29) is 0 Å². The molecule has 0 aliphatic carbocycles. The van der Waals surface area contributed by atoms with Crippen LogP contribution in [0.1, 0.15) is 5.56 Å². The minimum Gasteiger partial charge on any atom is -0.354 e. The van der Waals surface area contributed by atoms with Crippen LogP contribution in [-0.2, 0) is 0 Å². The van der Waals surface area contributed by atoms with Crippen LogP contribution in [-0.4, -0.2) is 0 Å². The van der Waals surface area contributed by atoms with Crippen molar-refractivity contribution in [2.24, 2.45) is 0 Å². The molecular formula is C10H8ClN. The Morgan fingerprint density at radius 1 is 1.17 bits per heavy atom. The lowest BCUT2D eigenvalue weighted by Gasteiger charge is -2.14. The first-order chi connectivity index (χ1) is 5.90. The van der Waals surface area contributed by atoms with Crippen LogP contribution in [0.2, 0.25) is 0 Å². The lowest BCUT2D eigenvalue weighted by atomic mass is 10.1. The average molecular weight is 178 g/mol. The second-order valence-corrected chi connectivity index (χ2v) is 2.83. The number of para-hydroxylation sites is 1. The van der Waals surface area contributed by atoms with Gasteiger partial charge in [0.1, 0.15) is 0 Å². The summed E-state index contributed by atoms with van der Waals surface area (Å²) in [5.41, 5.74) is 4.76. The third-order valence-corrected chi connectivity index (χ3v) is 2.03. The van der Waals surface area contributed by atoms with Crippen molar-refractivity contribution in [3.63, 3.8) is 0 Å². The van der Waals surface area contributed by atoms with Crippen molar-refractivity contribution in [2.45, 2.75) is 0 Å². The molecule has 0 radical (unpaired) electrons. The maximum atomic E-state index is 5.57. The van der Waals surface area contributed by atoms with Gasteiger partial charge in [-0.1, -0.05) is 35.9 Å². The summed E-state index contributed by atoms with van der Waals surface area (Å²) >= 11 is 5.57. The van der Waals surface area contributed by atoms with Crippen LogP contribution in [0, 0.1) is 0 Å². The zero-order chi connectivity index (χ0) is 8.39. The zero-order valence-corrected chi connectivity index (χ0v) is 7.18. The van der Waals surface area contributed by atoms with Crippen LogP contribution in [0.15, 0.2) is 41.6 Å². The Bertz CT molecular complexity index is 353. The number of hydrogen-bond donors (Lipinski definition) is 1. The predicted octanol–water partition coefficient (Wildman–Crippen LogP) is 3.21. The number of fused-ring (bicyclic) bond motifs is 1. The molecule has 1 heterocycles. The fourth-order valence-electron chi connectivity index (χ4n) is 1.20. The van der Waals surface area contributed by atoms with Gasteiger partial charge in [-0.05, 0) is 17.7 Å². The molecule has 12 heavy (non-hydrogen) atoms. The van der Waals surface area contributed by atoms with Crippen LogP contribution in [0.5, 0.6) is 0 Å². The van der Waals surface area contributed by atoms with Gasteiger partial charge >= 0.3 is 0 Å². The highest BCUT2D eigenvalue weighted by Crippen LogP contribution is 2.23. The Balaban J connectivity index is 2.46. The van der Waals surface area contributed by atoms with Crippen molar-refractivity contribution in [2.75, 3.05) is 5.32 Å². The first-order valence-electron chi connectivity index (χ1n) is 3.74. The highest BCUT2D eigenvalue weighted by atomic mass is 35.5. The van der Waals surface area contributed by atoms with Gasteiger partial charge in [-0.2, -0.15) is 0 Å². The molecule has 0 amide bonds. The standard InChI is InChI=1S/C10H8ClN/c11-7-9-6-5-8-3-1-2-4-10(8)12-9/h1-7,12H. The minimum absolute atomic E-state index is 0.926. The van der Waals surface area contributed by atoms with E-state index in [0.29, 0.717) is 0 Å². The van der Waals surface area contributed by atoms with Gasteiger partial charge in [0, 0.05) is 16.9 Å². The maximum absolute atomic E-state index is 5.57. The molecule has 1 N–H and O–H groups in total. The van der Waals surface area contributed by atoms with Gasteiger partial charge in [0.15, 0.2) is 0 Å². The Morgan fingerprint density at radius 2 is 2.00 bits per heavy atom. The SMILES string of the molecule is ClC=C1C=Cc2ccccc2N1. The summed E-state index contributed by atoms with van der Waals surface area (Å²) in [4.78, 5) is 0. The van der Waals surface area contributed by atoms with E-state index in [9.17, 15) is 0 Å². The summed E-state index contributed by atoms with van der Waals surface area (Å²) in [7, 11) is 0. The molecule has 2 rings (SSSR count).